The van der Waals surface area contributed by atoms with E-state index in [1.165, 1.54) is 0 Å². The molecule has 0 amide bonds. The molecular weight excluding hydrogens is 282 g/mol. The van der Waals surface area contributed by atoms with Crippen LogP contribution in [-0.4, -0.2) is 9.97 Å². The normalized spacial score (nSPS) is 11.7. The summed E-state index contributed by atoms with van der Waals surface area (Å²) in [5.41, 5.74) is 10.6. The highest BCUT2D eigenvalue weighted by Crippen LogP contribution is 2.36. The topological polar surface area (TPSA) is 51.8 Å². The van der Waals surface area contributed by atoms with Crippen molar-refractivity contribution in [1.29, 1.82) is 0 Å². The van der Waals surface area contributed by atoms with Crippen LogP contribution in [0.25, 0.3) is 43.6 Å². The fourth-order valence-electron chi connectivity index (χ4n) is 3.35. The summed E-state index contributed by atoms with van der Waals surface area (Å²) in [5.74, 6) is 0. The number of nitrogen functional groups attached to an aromatic ring is 1. The van der Waals surface area contributed by atoms with E-state index >= 15 is 0 Å². The standard InChI is InChI=1S/C20H13N3/c21-15-9-5-8-13-12-6-1-2-7-14(12)19-20(18(13)15)23-17-11-4-3-10-16(17)22-19/h1-11H,21H2. The van der Waals surface area contributed by atoms with E-state index in [0.717, 1.165) is 49.3 Å². The lowest BCUT2D eigenvalue weighted by Gasteiger charge is -2.11. The van der Waals surface area contributed by atoms with Crippen molar-refractivity contribution in [2.75, 3.05) is 5.73 Å². The molecular formula is C20H13N3. The molecule has 0 aliphatic carbocycles. The zero-order chi connectivity index (χ0) is 15.4. The van der Waals surface area contributed by atoms with Crippen LogP contribution in [0.5, 0.6) is 0 Å². The van der Waals surface area contributed by atoms with Crippen molar-refractivity contribution in [3.63, 3.8) is 0 Å². The Bertz CT molecular complexity index is 1230. The van der Waals surface area contributed by atoms with Gasteiger partial charge in [0.05, 0.1) is 22.1 Å². The lowest BCUT2D eigenvalue weighted by atomic mass is 9.98. The molecule has 0 fully saturated rings. The minimum atomic E-state index is 0.739. The number of fused-ring (bicyclic) bond motifs is 7. The SMILES string of the molecule is Nc1cccc2c3ccccc3c3nc4ccccc4nc3c12. The molecule has 0 radical (unpaired) electrons. The van der Waals surface area contributed by atoms with E-state index in [2.05, 4.69) is 18.2 Å². The van der Waals surface area contributed by atoms with Gasteiger partial charge < -0.3 is 5.73 Å². The zero-order valence-electron chi connectivity index (χ0n) is 12.3. The van der Waals surface area contributed by atoms with Gasteiger partial charge in [0.1, 0.15) is 0 Å². The first-order chi connectivity index (χ1) is 11.3. The second-order valence-electron chi connectivity index (χ2n) is 5.72. The highest BCUT2D eigenvalue weighted by atomic mass is 14.8. The summed E-state index contributed by atoms with van der Waals surface area (Å²) < 4.78 is 0. The third kappa shape index (κ3) is 1.64. The van der Waals surface area contributed by atoms with E-state index in [4.69, 9.17) is 15.7 Å². The van der Waals surface area contributed by atoms with Gasteiger partial charge in [0.25, 0.3) is 0 Å². The van der Waals surface area contributed by atoms with Gasteiger partial charge in [0.15, 0.2) is 0 Å². The Hall–Kier alpha value is -3.20. The molecule has 0 bridgehead atoms. The predicted molar refractivity (Wildman–Crippen MR) is 96.5 cm³/mol. The molecule has 0 aliphatic rings. The fourth-order valence-corrected chi connectivity index (χ4v) is 3.35. The largest absolute Gasteiger partial charge is 0.398 e. The Labute approximate surface area is 132 Å². The molecule has 0 unspecified atom stereocenters. The number of anilines is 1. The van der Waals surface area contributed by atoms with E-state index in [1.807, 2.05) is 48.5 Å². The lowest BCUT2D eigenvalue weighted by Crippen LogP contribution is -1.94. The van der Waals surface area contributed by atoms with E-state index < -0.39 is 0 Å². The maximum atomic E-state index is 6.29. The Kier molecular flexibility index (Phi) is 2.36. The highest BCUT2D eigenvalue weighted by Gasteiger charge is 2.13. The van der Waals surface area contributed by atoms with Crippen molar-refractivity contribution in [2.24, 2.45) is 0 Å². The summed E-state index contributed by atoms with van der Waals surface area (Å²) in [6.45, 7) is 0. The average molecular weight is 295 g/mol. The monoisotopic (exact) mass is 295 g/mol. The molecule has 4 aromatic carbocycles. The molecule has 2 N–H and O–H groups in total. The molecule has 0 atom stereocenters. The first kappa shape index (κ1) is 12.4. The number of hydrogen-bond donors (Lipinski definition) is 1. The Morgan fingerprint density at radius 2 is 1.17 bits per heavy atom. The van der Waals surface area contributed by atoms with Crippen molar-refractivity contribution in [2.45, 2.75) is 0 Å². The molecule has 3 heteroatoms. The molecule has 5 aromatic rings. The molecule has 0 aliphatic heterocycles. The number of aromatic nitrogens is 2. The summed E-state index contributed by atoms with van der Waals surface area (Å²) in [5, 5.41) is 4.38. The van der Waals surface area contributed by atoms with Crippen LogP contribution in [0.15, 0.2) is 66.7 Å². The number of nitrogens with two attached hydrogens (primary N) is 1. The minimum absolute atomic E-state index is 0.739. The molecule has 1 aromatic heterocycles. The Morgan fingerprint density at radius 3 is 1.96 bits per heavy atom. The second kappa shape index (κ2) is 4.40. The Morgan fingerprint density at radius 1 is 0.565 bits per heavy atom. The van der Waals surface area contributed by atoms with Gasteiger partial charge in [-0.3, -0.25) is 0 Å². The van der Waals surface area contributed by atoms with Gasteiger partial charge in [-0.1, -0.05) is 48.5 Å². The number of benzene rings is 4. The van der Waals surface area contributed by atoms with Gasteiger partial charge in [-0.05, 0) is 29.0 Å². The Balaban J connectivity index is 2.19. The smallest absolute Gasteiger partial charge is 0.1000 e. The molecule has 0 saturated heterocycles. The molecule has 23 heavy (non-hydrogen) atoms. The van der Waals surface area contributed by atoms with Crippen molar-refractivity contribution in [1.82, 2.24) is 9.97 Å². The van der Waals surface area contributed by atoms with Crippen LogP contribution in [0.1, 0.15) is 0 Å². The van der Waals surface area contributed by atoms with Crippen LogP contribution in [0.4, 0.5) is 5.69 Å². The van der Waals surface area contributed by atoms with Crippen molar-refractivity contribution in [3.05, 3.63) is 66.7 Å². The summed E-state index contributed by atoms with van der Waals surface area (Å²) in [6, 6.07) is 22.3. The minimum Gasteiger partial charge on any atom is -0.398 e. The van der Waals surface area contributed by atoms with Crippen LogP contribution >= 0.6 is 0 Å². The van der Waals surface area contributed by atoms with Gasteiger partial charge in [-0.2, -0.15) is 0 Å². The third-order valence-corrected chi connectivity index (χ3v) is 4.38. The number of para-hydroxylation sites is 2. The molecule has 0 spiro atoms. The summed E-state index contributed by atoms with van der Waals surface area (Å²) in [7, 11) is 0. The van der Waals surface area contributed by atoms with Gasteiger partial charge >= 0.3 is 0 Å². The summed E-state index contributed by atoms with van der Waals surface area (Å²) in [6.07, 6.45) is 0. The van der Waals surface area contributed by atoms with Gasteiger partial charge in [0, 0.05) is 16.5 Å². The zero-order valence-corrected chi connectivity index (χ0v) is 12.3. The van der Waals surface area contributed by atoms with Crippen LogP contribution in [-0.2, 0) is 0 Å². The summed E-state index contributed by atoms with van der Waals surface area (Å²) in [4.78, 5) is 9.75. The van der Waals surface area contributed by atoms with Crippen LogP contribution in [0.3, 0.4) is 0 Å². The molecule has 108 valence electrons. The molecule has 3 nitrogen and oxygen atoms in total. The quantitative estimate of drug-likeness (QED) is 0.256. The van der Waals surface area contributed by atoms with Crippen molar-refractivity contribution >= 4 is 49.3 Å². The first-order valence-corrected chi connectivity index (χ1v) is 7.58. The summed E-state index contributed by atoms with van der Waals surface area (Å²) >= 11 is 0. The highest BCUT2D eigenvalue weighted by molar-refractivity contribution is 6.26. The molecule has 0 saturated carbocycles. The van der Waals surface area contributed by atoms with Gasteiger partial charge in [-0.15, -0.1) is 0 Å². The van der Waals surface area contributed by atoms with Crippen LogP contribution in [0.2, 0.25) is 0 Å². The van der Waals surface area contributed by atoms with Crippen molar-refractivity contribution in [3.8, 4) is 0 Å². The number of nitrogens with zero attached hydrogens (tertiary/aromatic N) is 2. The van der Waals surface area contributed by atoms with Crippen LogP contribution in [0, 0.1) is 0 Å². The first-order valence-electron chi connectivity index (χ1n) is 7.58. The van der Waals surface area contributed by atoms with E-state index in [0.29, 0.717) is 0 Å². The van der Waals surface area contributed by atoms with Crippen LogP contribution < -0.4 is 5.73 Å². The van der Waals surface area contributed by atoms with Gasteiger partial charge in [-0.25, -0.2) is 9.97 Å². The second-order valence-corrected chi connectivity index (χ2v) is 5.72. The maximum absolute atomic E-state index is 6.29. The van der Waals surface area contributed by atoms with Crippen molar-refractivity contribution < 1.29 is 0 Å². The van der Waals surface area contributed by atoms with Gasteiger partial charge in [0.2, 0.25) is 0 Å². The third-order valence-electron chi connectivity index (χ3n) is 4.38. The molecule has 1 heterocycles. The fraction of sp³-hybridized carbons (Fsp3) is 0. The average Bonchev–Trinajstić information content (AvgIpc) is 2.60. The predicted octanol–water partition coefficient (Wildman–Crippen LogP) is 4.67. The lowest BCUT2D eigenvalue weighted by molar-refractivity contribution is 1.42. The number of hydrogen-bond acceptors (Lipinski definition) is 3. The van der Waals surface area contributed by atoms with E-state index in [9.17, 15) is 0 Å². The maximum Gasteiger partial charge on any atom is 0.1000 e. The van der Waals surface area contributed by atoms with E-state index in [-0.39, 0.29) is 0 Å². The molecule has 5 rings (SSSR count). The number of rotatable bonds is 0. The van der Waals surface area contributed by atoms with E-state index in [1.54, 1.807) is 0 Å².